The van der Waals surface area contributed by atoms with Crippen LogP contribution in [0.15, 0.2) is 22.0 Å². The van der Waals surface area contributed by atoms with Gasteiger partial charge < -0.3 is 10.5 Å². The fraction of sp³-hybridized carbons (Fsp3) is 0.250. The molecule has 1 aromatic carbocycles. The highest BCUT2D eigenvalue weighted by molar-refractivity contribution is 9.10. The predicted molar refractivity (Wildman–Crippen MR) is 74.5 cm³/mol. The van der Waals surface area contributed by atoms with Gasteiger partial charge in [-0.25, -0.2) is 4.98 Å². The highest BCUT2D eigenvalue weighted by atomic mass is 79.9. The molecule has 2 rings (SSSR count). The van der Waals surface area contributed by atoms with E-state index in [1.165, 1.54) is 0 Å². The van der Waals surface area contributed by atoms with Gasteiger partial charge in [-0.1, -0.05) is 15.9 Å². The summed E-state index contributed by atoms with van der Waals surface area (Å²) in [5, 5.41) is 3.05. The summed E-state index contributed by atoms with van der Waals surface area (Å²) in [4.78, 5) is 4.35. The van der Waals surface area contributed by atoms with Crippen LogP contribution in [0, 0.1) is 13.8 Å². The van der Waals surface area contributed by atoms with Gasteiger partial charge in [0.25, 0.3) is 0 Å². The first-order valence-corrected chi connectivity index (χ1v) is 6.83. The van der Waals surface area contributed by atoms with E-state index in [-0.39, 0.29) is 0 Å². The van der Waals surface area contributed by atoms with Crippen molar-refractivity contribution < 1.29 is 4.74 Å². The zero-order valence-electron chi connectivity index (χ0n) is 9.66. The van der Waals surface area contributed by atoms with Gasteiger partial charge in [-0.2, -0.15) is 0 Å². The lowest BCUT2D eigenvalue weighted by Gasteiger charge is -2.11. The zero-order valence-corrected chi connectivity index (χ0v) is 12.1. The van der Waals surface area contributed by atoms with Crippen LogP contribution >= 0.6 is 27.3 Å². The number of aromatic nitrogens is 1. The number of aryl methyl sites for hydroxylation is 2. The molecule has 0 saturated heterocycles. The molecule has 0 aliphatic heterocycles. The molecule has 17 heavy (non-hydrogen) atoms. The number of halogens is 1. The Balaban J connectivity index is 2.14. The van der Waals surface area contributed by atoms with Gasteiger partial charge in [0.15, 0.2) is 0 Å². The molecule has 0 fully saturated rings. The summed E-state index contributed by atoms with van der Waals surface area (Å²) in [6.45, 7) is 4.41. The highest BCUT2D eigenvalue weighted by Crippen LogP contribution is 2.30. The van der Waals surface area contributed by atoms with Gasteiger partial charge in [-0.05, 0) is 31.5 Å². The Hall–Kier alpha value is -1.07. The molecular formula is C12H13BrN2OS. The molecule has 2 aromatic rings. The standard InChI is InChI=1S/C12H13BrN2OS/c1-7-3-9(13)4-11(14)12(7)16-5-10-6-17-8(2)15-10/h3-4,6H,5,14H2,1-2H3. The van der Waals surface area contributed by atoms with E-state index in [9.17, 15) is 0 Å². The molecule has 0 unspecified atom stereocenters. The Labute approximate surface area is 113 Å². The molecule has 2 N–H and O–H groups in total. The molecule has 3 nitrogen and oxygen atoms in total. The van der Waals surface area contributed by atoms with Gasteiger partial charge in [-0.15, -0.1) is 11.3 Å². The summed E-state index contributed by atoms with van der Waals surface area (Å²) in [5.41, 5.74) is 8.52. The van der Waals surface area contributed by atoms with Crippen molar-refractivity contribution in [1.29, 1.82) is 0 Å². The number of benzene rings is 1. The van der Waals surface area contributed by atoms with Crippen LogP contribution in [0.2, 0.25) is 0 Å². The van der Waals surface area contributed by atoms with Crippen molar-refractivity contribution in [3.63, 3.8) is 0 Å². The number of ether oxygens (including phenoxy) is 1. The third kappa shape index (κ3) is 2.98. The fourth-order valence-corrected chi connectivity index (χ4v) is 2.76. The largest absolute Gasteiger partial charge is 0.485 e. The average molecular weight is 313 g/mol. The van der Waals surface area contributed by atoms with Crippen LogP contribution in [0.5, 0.6) is 5.75 Å². The second kappa shape index (κ2) is 5.06. The van der Waals surface area contributed by atoms with Crippen molar-refractivity contribution in [3.8, 4) is 5.75 Å². The van der Waals surface area contributed by atoms with E-state index >= 15 is 0 Å². The summed E-state index contributed by atoms with van der Waals surface area (Å²) >= 11 is 5.02. The third-order valence-corrected chi connectivity index (χ3v) is 3.58. The predicted octanol–water partition coefficient (Wildman–Crippen LogP) is 3.68. The molecule has 5 heteroatoms. The van der Waals surface area contributed by atoms with Crippen LogP contribution in [0.1, 0.15) is 16.3 Å². The minimum absolute atomic E-state index is 0.455. The van der Waals surface area contributed by atoms with Gasteiger partial charge in [0.05, 0.1) is 16.4 Å². The van der Waals surface area contributed by atoms with Gasteiger partial charge in [0, 0.05) is 9.85 Å². The van der Waals surface area contributed by atoms with Crippen LogP contribution in [0.4, 0.5) is 5.69 Å². The molecule has 1 aromatic heterocycles. The van der Waals surface area contributed by atoms with Gasteiger partial charge in [0.2, 0.25) is 0 Å². The lowest BCUT2D eigenvalue weighted by molar-refractivity contribution is 0.301. The number of thiazole rings is 1. The van der Waals surface area contributed by atoms with Crippen molar-refractivity contribution in [2.45, 2.75) is 20.5 Å². The Morgan fingerprint density at radius 3 is 2.76 bits per heavy atom. The molecule has 0 spiro atoms. The minimum atomic E-state index is 0.455. The lowest BCUT2D eigenvalue weighted by Crippen LogP contribution is -2.01. The van der Waals surface area contributed by atoms with E-state index in [1.807, 2.05) is 31.4 Å². The van der Waals surface area contributed by atoms with E-state index in [0.29, 0.717) is 12.3 Å². The fourth-order valence-electron chi connectivity index (χ4n) is 1.57. The Morgan fingerprint density at radius 2 is 2.18 bits per heavy atom. The summed E-state index contributed by atoms with van der Waals surface area (Å²) in [6, 6.07) is 3.83. The number of hydrogen-bond donors (Lipinski definition) is 1. The van der Waals surface area contributed by atoms with Crippen LogP contribution in [0.3, 0.4) is 0 Å². The zero-order chi connectivity index (χ0) is 12.4. The van der Waals surface area contributed by atoms with Crippen LogP contribution in [-0.2, 0) is 6.61 Å². The normalized spacial score (nSPS) is 10.5. The molecule has 0 bridgehead atoms. The first-order chi connectivity index (χ1) is 8.06. The first kappa shape index (κ1) is 12.4. The Morgan fingerprint density at radius 1 is 1.41 bits per heavy atom. The summed E-state index contributed by atoms with van der Waals surface area (Å²) in [5.74, 6) is 0.735. The quantitative estimate of drug-likeness (QED) is 0.879. The lowest BCUT2D eigenvalue weighted by atomic mass is 10.2. The Bertz CT molecular complexity index is 516. The van der Waals surface area contributed by atoms with Crippen molar-refractivity contribution in [2.24, 2.45) is 0 Å². The highest BCUT2D eigenvalue weighted by Gasteiger charge is 2.07. The number of nitrogens with two attached hydrogens (primary N) is 1. The van der Waals surface area contributed by atoms with E-state index in [4.69, 9.17) is 10.5 Å². The summed E-state index contributed by atoms with van der Waals surface area (Å²) in [7, 11) is 0. The van der Waals surface area contributed by atoms with Crippen LogP contribution < -0.4 is 10.5 Å². The van der Waals surface area contributed by atoms with Crippen LogP contribution in [-0.4, -0.2) is 4.98 Å². The molecule has 0 amide bonds. The van der Waals surface area contributed by atoms with Gasteiger partial charge in [-0.3, -0.25) is 0 Å². The molecular weight excluding hydrogens is 300 g/mol. The van der Waals surface area contributed by atoms with E-state index < -0.39 is 0 Å². The Kier molecular flexibility index (Phi) is 3.69. The van der Waals surface area contributed by atoms with E-state index in [0.717, 1.165) is 26.5 Å². The maximum atomic E-state index is 5.92. The maximum absolute atomic E-state index is 5.92. The maximum Gasteiger partial charge on any atom is 0.145 e. The van der Waals surface area contributed by atoms with Crippen molar-refractivity contribution in [1.82, 2.24) is 4.98 Å². The summed E-state index contributed by atoms with van der Waals surface area (Å²) in [6.07, 6.45) is 0. The monoisotopic (exact) mass is 312 g/mol. The molecule has 0 saturated carbocycles. The van der Waals surface area contributed by atoms with Crippen molar-refractivity contribution in [2.75, 3.05) is 5.73 Å². The topological polar surface area (TPSA) is 48.1 Å². The van der Waals surface area contributed by atoms with Gasteiger partial charge in [0.1, 0.15) is 12.4 Å². The second-order valence-electron chi connectivity index (χ2n) is 3.79. The first-order valence-electron chi connectivity index (χ1n) is 5.15. The third-order valence-electron chi connectivity index (χ3n) is 2.30. The number of nitrogen functional groups attached to an aromatic ring is 1. The van der Waals surface area contributed by atoms with Crippen molar-refractivity contribution >= 4 is 33.0 Å². The van der Waals surface area contributed by atoms with Crippen molar-refractivity contribution in [3.05, 3.63) is 38.3 Å². The minimum Gasteiger partial charge on any atom is -0.485 e. The molecule has 0 aliphatic rings. The number of anilines is 1. The molecule has 0 aliphatic carbocycles. The average Bonchev–Trinajstić information content (AvgIpc) is 2.62. The number of hydrogen-bond acceptors (Lipinski definition) is 4. The van der Waals surface area contributed by atoms with Crippen LogP contribution in [0.25, 0.3) is 0 Å². The SMILES string of the molecule is Cc1nc(COc2c(C)cc(Br)cc2N)cs1. The van der Waals surface area contributed by atoms with Gasteiger partial charge >= 0.3 is 0 Å². The smallest absolute Gasteiger partial charge is 0.145 e. The summed E-state index contributed by atoms with van der Waals surface area (Å²) < 4.78 is 6.68. The van der Waals surface area contributed by atoms with E-state index in [1.54, 1.807) is 11.3 Å². The molecule has 0 radical (unpaired) electrons. The second-order valence-corrected chi connectivity index (χ2v) is 5.77. The number of rotatable bonds is 3. The molecule has 90 valence electrons. The number of nitrogens with zero attached hydrogens (tertiary/aromatic N) is 1. The van der Waals surface area contributed by atoms with E-state index in [2.05, 4.69) is 20.9 Å². The molecule has 1 heterocycles. The molecule has 0 atom stereocenters.